The molecule has 0 N–H and O–H groups in total. The lowest BCUT2D eigenvalue weighted by Gasteiger charge is -2.17. The lowest BCUT2D eigenvalue weighted by molar-refractivity contribution is 0.312. The van der Waals surface area contributed by atoms with E-state index in [9.17, 15) is 0 Å². The Morgan fingerprint density at radius 3 is 2.94 bits per heavy atom. The summed E-state index contributed by atoms with van der Waals surface area (Å²) < 4.78 is 5.37. The van der Waals surface area contributed by atoms with Crippen molar-refractivity contribution in [2.24, 2.45) is 5.92 Å². The molecule has 0 aromatic heterocycles. The van der Waals surface area contributed by atoms with Crippen LogP contribution in [0.2, 0.25) is 0 Å². The number of hydrogen-bond donors (Lipinski definition) is 0. The van der Waals surface area contributed by atoms with E-state index in [0.717, 1.165) is 23.5 Å². The minimum Gasteiger partial charge on any atom is -0.496 e. The Kier molecular flexibility index (Phi) is 4.24. The summed E-state index contributed by atoms with van der Waals surface area (Å²) >= 11 is 3.57. The molecule has 0 amide bonds. The number of alkyl halides is 1. The molecule has 3 heteroatoms. The van der Waals surface area contributed by atoms with Gasteiger partial charge in [0, 0.05) is 24.0 Å². The molecule has 1 aromatic carbocycles. The lowest BCUT2D eigenvalue weighted by atomic mass is 10.1. The average Bonchev–Trinajstić information content (AvgIpc) is 2.77. The van der Waals surface area contributed by atoms with Gasteiger partial charge in [-0.1, -0.05) is 34.1 Å². The summed E-state index contributed by atoms with van der Waals surface area (Å²) in [5.74, 6) is 1.82. The summed E-state index contributed by atoms with van der Waals surface area (Å²) in [5.41, 5.74) is 1.29. The molecule has 1 aromatic rings. The number of hydrogen-bond acceptors (Lipinski definition) is 2. The van der Waals surface area contributed by atoms with E-state index in [4.69, 9.17) is 4.74 Å². The standard InChI is InChI=1S/C13H18BrNO/c1-16-13-5-3-2-4-12(13)10-15-7-6-11(8-14)9-15/h2-5,11H,6-10H2,1H3. The maximum atomic E-state index is 5.37. The molecule has 0 saturated carbocycles. The van der Waals surface area contributed by atoms with E-state index in [1.54, 1.807) is 7.11 Å². The largest absolute Gasteiger partial charge is 0.496 e. The van der Waals surface area contributed by atoms with Crippen molar-refractivity contribution in [3.05, 3.63) is 29.8 Å². The quantitative estimate of drug-likeness (QED) is 0.788. The third-order valence-electron chi connectivity index (χ3n) is 3.17. The monoisotopic (exact) mass is 283 g/mol. The third kappa shape index (κ3) is 2.77. The van der Waals surface area contributed by atoms with Gasteiger partial charge < -0.3 is 4.74 Å². The second-order valence-electron chi connectivity index (χ2n) is 4.36. The summed E-state index contributed by atoms with van der Waals surface area (Å²) in [6.45, 7) is 3.41. The Morgan fingerprint density at radius 1 is 1.44 bits per heavy atom. The Bertz CT molecular complexity index is 342. The molecule has 2 rings (SSSR count). The van der Waals surface area contributed by atoms with Crippen molar-refractivity contribution in [1.29, 1.82) is 0 Å². The van der Waals surface area contributed by atoms with Crippen LogP contribution in [0.3, 0.4) is 0 Å². The Labute approximate surface area is 106 Å². The van der Waals surface area contributed by atoms with Gasteiger partial charge in [0.25, 0.3) is 0 Å². The number of ether oxygens (including phenoxy) is 1. The number of para-hydroxylation sites is 1. The predicted octanol–water partition coefficient (Wildman–Crippen LogP) is 2.91. The number of nitrogens with zero attached hydrogens (tertiary/aromatic N) is 1. The van der Waals surface area contributed by atoms with Crippen molar-refractivity contribution in [2.75, 3.05) is 25.5 Å². The molecule has 1 saturated heterocycles. The number of rotatable bonds is 4. The topological polar surface area (TPSA) is 12.5 Å². The first-order chi connectivity index (χ1) is 7.83. The molecule has 1 fully saturated rings. The number of halogens is 1. The highest BCUT2D eigenvalue weighted by Crippen LogP contribution is 2.24. The fraction of sp³-hybridized carbons (Fsp3) is 0.538. The Balaban J connectivity index is 1.99. The molecule has 1 aliphatic heterocycles. The maximum Gasteiger partial charge on any atom is 0.123 e. The lowest BCUT2D eigenvalue weighted by Crippen LogP contribution is -2.20. The highest BCUT2D eigenvalue weighted by Gasteiger charge is 2.21. The van der Waals surface area contributed by atoms with Crippen LogP contribution in [-0.2, 0) is 6.54 Å². The van der Waals surface area contributed by atoms with E-state index in [1.165, 1.54) is 25.1 Å². The fourth-order valence-electron chi connectivity index (χ4n) is 2.26. The van der Waals surface area contributed by atoms with Crippen molar-refractivity contribution >= 4 is 15.9 Å². The molecule has 1 aliphatic rings. The van der Waals surface area contributed by atoms with E-state index >= 15 is 0 Å². The number of benzene rings is 1. The molecule has 0 bridgehead atoms. The normalized spacial score (nSPS) is 21.2. The van der Waals surface area contributed by atoms with Crippen LogP contribution in [0.4, 0.5) is 0 Å². The summed E-state index contributed by atoms with van der Waals surface area (Å²) in [7, 11) is 1.74. The van der Waals surface area contributed by atoms with Gasteiger partial charge >= 0.3 is 0 Å². The molecule has 1 heterocycles. The van der Waals surface area contributed by atoms with Gasteiger partial charge in [0.15, 0.2) is 0 Å². The van der Waals surface area contributed by atoms with Crippen molar-refractivity contribution in [3.8, 4) is 5.75 Å². The van der Waals surface area contributed by atoms with E-state index in [-0.39, 0.29) is 0 Å². The molecule has 88 valence electrons. The molecule has 0 radical (unpaired) electrons. The number of likely N-dealkylation sites (tertiary alicyclic amines) is 1. The van der Waals surface area contributed by atoms with Gasteiger partial charge in [-0.15, -0.1) is 0 Å². The second-order valence-corrected chi connectivity index (χ2v) is 5.00. The zero-order valence-electron chi connectivity index (χ0n) is 9.66. The van der Waals surface area contributed by atoms with Crippen LogP contribution in [0.1, 0.15) is 12.0 Å². The van der Waals surface area contributed by atoms with Crippen LogP contribution >= 0.6 is 15.9 Å². The smallest absolute Gasteiger partial charge is 0.123 e. The zero-order valence-corrected chi connectivity index (χ0v) is 11.2. The Hall–Kier alpha value is -0.540. The zero-order chi connectivity index (χ0) is 11.4. The van der Waals surface area contributed by atoms with Crippen molar-refractivity contribution in [2.45, 2.75) is 13.0 Å². The minimum absolute atomic E-state index is 0.815. The Morgan fingerprint density at radius 2 is 2.25 bits per heavy atom. The van der Waals surface area contributed by atoms with Gasteiger partial charge in [-0.3, -0.25) is 4.90 Å². The third-order valence-corrected chi connectivity index (χ3v) is 4.09. The van der Waals surface area contributed by atoms with E-state index < -0.39 is 0 Å². The summed E-state index contributed by atoms with van der Waals surface area (Å²) in [6, 6.07) is 8.29. The first kappa shape index (κ1) is 11.9. The van der Waals surface area contributed by atoms with E-state index in [1.807, 2.05) is 12.1 Å². The second kappa shape index (κ2) is 5.69. The van der Waals surface area contributed by atoms with Gasteiger partial charge in [0.1, 0.15) is 5.75 Å². The minimum atomic E-state index is 0.815. The molecule has 1 unspecified atom stereocenters. The first-order valence-electron chi connectivity index (χ1n) is 5.73. The van der Waals surface area contributed by atoms with E-state index in [0.29, 0.717) is 0 Å². The van der Waals surface area contributed by atoms with Crippen LogP contribution < -0.4 is 4.74 Å². The van der Waals surface area contributed by atoms with E-state index in [2.05, 4.69) is 33.0 Å². The number of methoxy groups -OCH3 is 1. The van der Waals surface area contributed by atoms with Gasteiger partial charge in [-0.05, 0) is 24.9 Å². The maximum absolute atomic E-state index is 5.37. The SMILES string of the molecule is COc1ccccc1CN1CCC(CBr)C1. The van der Waals surface area contributed by atoms with Crippen LogP contribution in [0.15, 0.2) is 24.3 Å². The van der Waals surface area contributed by atoms with Crippen molar-refractivity contribution in [3.63, 3.8) is 0 Å². The highest BCUT2D eigenvalue weighted by molar-refractivity contribution is 9.09. The van der Waals surface area contributed by atoms with Gasteiger partial charge in [0.2, 0.25) is 0 Å². The first-order valence-corrected chi connectivity index (χ1v) is 6.86. The molecule has 16 heavy (non-hydrogen) atoms. The van der Waals surface area contributed by atoms with Crippen LogP contribution in [-0.4, -0.2) is 30.4 Å². The highest BCUT2D eigenvalue weighted by atomic mass is 79.9. The molecular weight excluding hydrogens is 266 g/mol. The summed E-state index contributed by atoms with van der Waals surface area (Å²) in [4.78, 5) is 2.50. The van der Waals surface area contributed by atoms with Crippen molar-refractivity contribution < 1.29 is 4.74 Å². The molecule has 2 nitrogen and oxygen atoms in total. The molecule has 0 aliphatic carbocycles. The van der Waals surface area contributed by atoms with Crippen molar-refractivity contribution in [1.82, 2.24) is 4.90 Å². The predicted molar refractivity (Wildman–Crippen MR) is 70.2 cm³/mol. The molecular formula is C13H18BrNO. The molecule has 1 atom stereocenters. The average molecular weight is 284 g/mol. The van der Waals surface area contributed by atoms with Crippen LogP contribution in [0, 0.1) is 5.92 Å². The van der Waals surface area contributed by atoms with Crippen LogP contribution in [0.25, 0.3) is 0 Å². The van der Waals surface area contributed by atoms with Gasteiger partial charge in [-0.25, -0.2) is 0 Å². The van der Waals surface area contributed by atoms with Gasteiger partial charge in [-0.2, -0.15) is 0 Å². The summed E-state index contributed by atoms with van der Waals surface area (Å²) in [5, 5.41) is 1.12. The summed E-state index contributed by atoms with van der Waals surface area (Å²) in [6.07, 6.45) is 1.31. The van der Waals surface area contributed by atoms with Gasteiger partial charge in [0.05, 0.1) is 7.11 Å². The van der Waals surface area contributed by atoms with Crippen LogP contribution in [0.5, 0.6) is 5.75 Å². The fourth-order valence-corrected chi connectivity index (χ4v) is 2.79. The molecule has 0 spiro atoms.